The highest BCUT2D eigenvalue weighted by molar-refractivity contribution is 7.89. The van der Waals surface area contributed by atoms with Crippen molar-refractivity contribution in [2.24, 2.45) is 0 Å². The number of hydrogen-bond acceptors (Lipinski definition) is 9. The lowest BCUT2D eigenvalue weighted by atomic mass is 10.1. The van der Waals surface area contributed by atoms with Crippen LogP contribution in [0.2, 0.25) is 0 Å². The molecule has 3 aromatic heterocycles. The molecule has 0 spiro atoms. The lowest BCUT2D eigenvalue weighted by Gasteiger charge is -2.40. The molecule has 33 heavy (non-hydrogen) atoms. The second-order valence-electron chi connectivity index (χ2n) is 9.04. The van der Waals surface area contributed by atoms with E-state index in [4.69, 9.17) is 9.15 Å². The molecule has 4 heterocycles. The quantitative estimate of drug-likeness (QED) is 0.520. The number of aliphatic hydroxyl groups is 1. The third kappa shape index (κ3) is 4.12. The molecule has 0 radical (unpaired) electrons. The van der Waals surface area contributed by atoms with Crippen LogP contribution in [-0.4, -0.2) is 70.5 Å². The first-order chi connectivity index (χ1) is 15.7. The molecule has 11 nitrogen and oxygen atoms in total. The maximum absolute atomic E-state index is 13.3. The van der Waals surface area contributed by atoms with Gasteiger partial charge in [-0.05, 0) is 32.3 Å². The Morgan fingerprint density at radius 1 is 1.33 bits per heavy atom. The minimum absolute atomic E-state index is 0.00858. The Morgan fingerprint density at radius 3 is 2.76 bits per heavy atom. The van der Waals surface area contributed by atoms with Gasteiger partial charge in [-0.1, -0.05) is 6.92 Å². The monoisotopic (exact) mass is 476 g/mol. The SMILES string of the molecule is CC[C@H]1CO[C@@H](CO)CN1c1cc(S(=O)(=O)NC2(C)CC2)cn2c(-c3nnc(C)o3)cnc12. The summed E-state index contributed by atoms with van der Waals surface area (Å²) in [5, 5.41) is 17.7. The molecule has 2 atom stereocenters. The molecule has 1 aliphatic carbocycles. The summed E-state index contributed by atoms with van der Waals surface area (Å²) >= 11 is 0. The van der Waals surface area contributed by atoms with Gasteiger partial charge >= 0.3 is 0 Å². The summed E-state index contributed by atoms with van der Waals surface area (Å²) in [6.07, 6.45) is 5.16. The van der Waals surface area contributed by atoms with E-state index in [0.29, 0.717) is 36.1 Å². The smallest absolute Gasteiger partial charge is 0.266 e. The molecule has 0 aromatic carbocycles. The van der Waals surface area contributed by atoms with Gasteiger partial charge in [0.05, 0.1) is 37.2 Å². The van der Waals surface area contributed by atoms with Crippen molar-refractivity contribution >= 4 is 21.4 Å². The molecule has 0 bridgehead atoms. The number of morpholine rings is 1. The van der Waals surface area contributed by atoms with E-state index < -0.39 is 15.6 Å². The fraction of sp³-hybridized carbons (Fsp3) is 0.571. The van der Waals surface area contributed by atoms with Crippen LogP contribution < -0.4 is 9.62 Å². The van der Waals surface area contributed by atoms with E-state index in [0.717, 1.165) is 19.3 Å². The van der Waals surface area contributed by atoms with Crippen molar-refractivity contribution < 1.29 is 22.7 Å². The number of nitrogens with one attached hydrogen (secondary N) is 1. The summed E-state index contributed by atoms with van der Waals surface area (Å²) in [6, 6.07) is 1.66. The van der Waals surface area contributed by atoms with Crippen molar-refractivity contribution in [2.45, 2.75) is 62.6 Å². The third-order valence-electron chi connectivity index (χ3n) is 6.35. The maximum atomic E-state index is 13.3. The number of nitrogens with zero attached hydrogens (tertiary/aromatic N) is 5. The molecule has 12 heteroatoms. The van der Waals surface area contributed by atoms with Crippen molar-refractivity contribution in [1.29, 1.82) is 0 Å². The van der Waals surface area contributed by atoms with Gasteiger partial charge in [0.1, 0.15) is 10.6 Å². The van der Waals surface area contributed by atoms with Crippen molar-refractivity contribution in [3.8, 4) is 11.6 Å². The van der Waals surface area contributed by atoms with Crippen molar-refractivity contribution in [3.05, 3.63) is 24.4 Å². The Kier molecular flexibility index (Phi) is 5.43. The lowest BCUT2D eigenvalue weighted by Crippen LogP contribution is -2.51. The first-order valence-corrected chi connectivity index (χ1v) is 12.6. The van der Waals surface area contributed by atoms with Gasteiger partial charge in [0.2, 0.25) is 15.9 Å². The van der Waals surface area contributed by atoms with Crippen LogP contribution in [0.4, 0.5) is 5.69 Å². The molecule has 2 fully saturated rings. The van der Waals surface area contributed by atoms with Gasteiger partial charge in [-0.2, -0.15) is 0 Å². The highest BCUT2D eigenvalue weighted by Gasteiger charge is 2.42. The Morgan fingerprint density at radius 2 is 2.12 bits per heavy atom. The minimum atomic E-state index is -3.80. The van der Waals surface area contributed by atoms with E-state index in [1.807, 2.05) is 13.8 Å². The van der Waals surface area contributed by atoms with Gasteiger partial charge in [0, 0.05) is 25.2 Å². The number of imidazole rings is 1. The molecule has 0 unspecified atom stereocenters. The van der Waals surface area contributed by atoms with Gasteiger partial charge in [0.15, 0.2) is 5.65 Å². The second-order valence-corrected chi connectivity index (χ2v) is 10.7. The molecule has 178 valence electrons. The van der Waals surface area contributed by atoms with Gasteiger partial charge in [-0.25, -0.2) is 18.1 Å². The largest absolute Gasteiger partial charge is 0.420 e. The summed E-state index contributed by atoms with van der Waals surface area (Å²) in [5.74, 6) is 0.655. The summed E-state index contributed by atoms with van der Waals surface area (Å²) in [7, 11) is -3.80. The van der Waals surface area contributed by atoms with Crippen molar-refractivity contribution in [1.82, 2.24) is 24.3 Å². The Hall–Kier alpha value is -2.54. The van der Waals surface area contributed by atoms with Gasteiger partial charge in [-0.15, -0.1) is 10.2 Å². The number of aliphatic hydroxyl groups excluding tert-OH is 1. The Bertz CT molecular complexity index is 1280. The predicted octanol–water partition coefficient (Wildman–Crippen LogP) is 1.50. The Labute approximate surface area is 191 Å². The van der Waals surface area contributed by atoms with Crippen molar-refractivity contribution in [3.63, 3.8) is 0 Å². The zero-order valence-corrected chi connectivity index (χ0v) is 19.7. The number of pyridine rings is 1. The van der Waals surface area contributed by atoms with E-state index in [-0.39, 0.29) is 29.5 Å². The fourth-order valence-corrected chi connectivity index (χ4v) is 5.62. The highest BCUT2D eigenvalue weighted by Crippen LogP contribution is 2.37. The van der Waals surface area contributed by atoms with Crippen LogP contribution in [0.25, 0.3) is 17.2 Å². The molecule has 1 saturated heterocycles. The predicted molar refractivity (Wildman–Crippen MR) is 119 cm³/mol. The van der Waals surface area contributed by atoms with E-state index in [2.05, 4.69) is 24.8 Å². The zero-order chi connectivity index (χ0) is 23.4. The van der Waals surface area contributed by atoms with Gasteiger partial charge in [-0.3, -0.25) is 4.40 Å². The normalized spacial score (nSPS) is 22.7. The molecular formula is C21H28N6O5S. The van der Waals surface area contributed by atoms with E-state index in [1.165, 1.54) is 0 Å². The molecular weight excluding hydrogens is 448 g/mol. The van der Waals surface area contributed by atoms with Crippen molar-refractivity contribution in [2.75, 3.05) is 24.7 Å². The summed E-state index contributed by atoms with van der Waals surface area (Å²) in [5.41, 5.74) is 1.30. The molecule has 1 aliphatic heterocycles. The second kappa shape index (κ2) is 8.05. The van der Waals surface area contributed by atoms with E-state index >= 15 is 0 Å². The maximum Gasteiger partial charge on any atom is 0.266 e. The number of aryl methyl sites for hydroxylation is 1. The Balaban J connectivity index is 1.69. The number of hydrogen-bond donors (Lipinski definition) is 2. The van der Waals surface area contributed by atoms with Crippen LogP contribution in [0.5, 0.6) is 0 Å². The van der Waals surface area contributed by atoms with Crippen LogP contribution >= 0.6 is 0 Å². The number of anilines is 1. The van der Waals surface area contributed by atoms with E-state index in [1.54, 1.807) is 29.8 Å². The van der Waals surface area contributed by atoms with Crippen LogP contribution in [-0.2, 0) is 14.8 Å². The number of fused-ring (bicyclic) bond motifs is 1. The summed E-state index contributed by atoms with van der Waals surface area (Å²) in [4.78, 5) is 6.78. The summed E-state index contributed by atoms with van der Waals surface area (Å²) < 4.78 is 42.5. The minimum Gasteiger partial charge on any atom is -0.420 e. The first kappa shape index (κ1) is 22.3. The van der Waals surface area contributed by atoms with E-state index in [9.17, 15) is 13.5 Å². The van der Waals surface area contributed by atoms with Crippen LogP contribution in [0.15, 0.2) is 27.8 Å². The number of aromatic nitrogens is 4. The molecule has 5 rings (SSSR count). The van der Waals surface area contributed by atoms with Crippen LogP contribution in [0.3, 0.4) is 0 Å². The average Bonchev–Trinajstić information content (AvgIpc) is 3.16. The number of rotatable bonds is 7. The first-order valence-electron chi connectivity index (χ1n) is 11.1. The van der Waals surface area contributed by atoms with Gasteiger partial charge in [0.25, 0.3) is 5.89 Å². The molecule has 2 aliphatic rings. The standard InChI is InChI=1S/C21H28N6O5S/c1-4-14-12-31-15(11-28)9-26(14)17-7-16(33(29,30)25-21(3)5-6-21)10-27-18(8-22-19(17)27)20-24-23-13(2)32-20/h7-8,10,14-15,25,28H,4-6,9,11-12H2,1-3H3/t14-,15+/m0/s1. The number of sulfonamides is 1. The highest BCUT2D eigenvalue weighted by atomic mass is 32.2. The molecule has 2 N–H and O–H groups in total. The molecule has 1 saturated carbocycles. The fourth-order valence-electron chi connectivity index (χ4n) is 4.14. The summed E-state index contributed by atoms with van der Waals surface area (Å²) in [6.45, 7) is 6.36. The molecule has 0 amide bonds. The number of ether oxygens (including phenoxy) is 1. The average molecular weight is 477 g/mol. The third-order valence-corrected chi connectivity index (χ3v) is 7.95. The van der Waals surface area contributed by atoms with Crippen LogP contribution in [0.1, 0.15) is 39.0 Å². The molecule has 3 aromatic rings. The topological polar surface area (TPSA) is 135 Å². The van der Waals surface area contributed by atoms with Gasteiger partial charge < -0.3 is 19.2 Å². The lowest BCUT2D eigenvalue weighted by molar-refractivity contribution is -0.0134. The zero-order valence-electron chi connectivity index (χ0n) is 18.9. The van der Waals surface area contributed by atoms with Crippen LogP contribution in [0, 0.1) is 6.92 Å².